The highest BCUT2D eigenvalue weighted by atomic mass is 16.6. The van der Waals surface area contributed by atoms with Crippen LogP contribution in [0, 0.1) is 10.1 Å². The van der Waals surface area contributed by atoms with Crippen LogP contribution in [0.4, 0.5) is 5.82 Å². The van der Waals surface area contributed by atoms with Crippen LogP contribution in [0.5, 0.6) is 0 Å². The summed E-state index contributed by atoms with van der Waals surface area (Å²) in [6.45, 7) is 0. The third kappa shape index (κ3) is 2.09. The summed E-state index contributed by atoms with van der Waals surface area (Å²) < 4.78 is 0. The number of pyridine rings is 1. The summed E-state index contributed by atoms with van der Waals surface area (Å²) in [6.07, 6.45) is 1.33. The summed E-state index contributed by atoms with van der Waals surface area (Å²) in [6, 6.07) is 2.25. The molecule has 0 aliphatic carbocycles. The molecule has 2 amide bonds. The van der Waals surface area contributed by atoms with E-state index < -0.39 is 16.6 Å². The molecule has 0 unspecified atom stereocenters. The Morgan fingerprint density at radius 2 is 2.36 bits per heavy atom. The molecule has 1 heterocycles. The number of hydrogen-bond donors (Lipinski definition) is 1. The largest absolute Gasteiger partial charge is 0.364 e. The Kier molecular flexibility index (Phi) is 2.85. The van der Waals surface area contributed by atoms with Crippen LogP contribution in [0.3, 0.4) is 0 Å². The van der Waals surface area contributed by atoms with Crippen molar-refractivity contribution in [2.24, 2.45) is 0 Å². The van der Waals surface area contributed by atoms with Crippen molar-refractivity contribution in [2.45, 2.75) is 0 Å². The number of nitrogens with zero attached hydrogens (tertiary/aromatic N) is 2. The number of carbonyl (C=O) groups is 2. The Labute approximate surface area is 77.9 Å². The number of aromatic nitrogens is 1. The monoisotopic (exact) mass is 195 g/mol. The normalized spacial score (nSPS) is 9.14. The van der Waals surface area contributed by atoms with Crippen molar-refractivity contribution in [1.82, 2.24) is 10.3 Å². The summed E-state index contributed by atoms with van der Waals surface area (Å²) in [7, 11) is 0. The van der Waals surface area contributed by atoms with E-state index in [2.05, 4.69) is 4.98 Å². The van der Waals surface area contributed by atoms with Crippen LogP contribution in [0.1, 0.15) is 10.4 Å². The molecule has 0 aromatic carbocycles. The number of imide groups is 1. The minimum Gasteiger partial charge on any atom is -0.358 e. The summed E-state index contributed by atoms with van der Waals surface area (Å²) in [5.74, 6) is -1.14. The molecule has 0 spiro atoms. The van der Waals surface area contributed by atoms with Gasteiger partial charge in [0.1, 0.15) is 6.20 Å². The van der Waals surface area contributed by atoms with E-state index in [0.717, 1.165) is 12.3 Å². The quantitative estimate of drug-likeness (QED) is 0.411. The second kappa shape index (κ2) is 4.08. The van der Waals surface area contributed by atoms with Crippen molar-refractivity contribution < 1.29 is 14.5 Å². The van der Waals surface area contributed by atoms with Crippen LogP contribution in [0.2, 0.25) is 0 Å². The molecule has 1 rings (SSSR count). The predicted octanol–water partition coefficient (Wildman–Crippen LogP) is -0.124. The predicted molar refractivity (Wildman–Crippen MR) is 44.4 cm³/mol. The third-order valence-electron chi connectivity index (χ3n) is 1.38. The summed E-state index contributed by atoms with van der Waals surface area (Å²) in [5.41, 5.74) is 0.0128. The smallest absolute Gasteiger partial charge is 0.358 e. The van der Waals surface area contributed by atoms with Gasteiger partial charge in [-0.2, -0.15) is 0 Å². The van der Waals surface area contributed by atoms with Crippen molar-refractivity contribution in [3.8, 4) is 0 Å². The molecule has 7 nitrogen and oxygen atoms in total. The second-order valence-electron chi connectivity index (χ2n) is 2.25. The number of hydrogen-bond acceptors (Lipinski definition) is 5. The number of rotatable bonds is 3. The van der Waals surface area contributed by atoms with Crippen molar-refractivity contribution in [2.75, 3.05) is 0 Å². The average Bonchev–Trinajstić information content (AvgIpc) is 2.18. The molecule has 0 fully saturated rings. The maximum Gasteiger partial charge on any atom is 0.364 e. The van der Waals surface area contributed by atoms with Crippen LogP contribution in [0.15, 0.2) is 18.3 Å². The first-order valence-corrected chi connectivity index (χ1v) is 3.50. The summed E-state index contributed by atoms with van der Waals surface area (Å²) >= 11 is 0. The van der Waals surface area contributed by atoms with Crippen molar-refractivity contribution in [3.63, 3.8) is 0 Å². The Balaban J connectivity index is 2.99. The SMILES string of the molecule is O=CNC(=O)c1ccnc([N+](=O)[O-])c1. The van der Waals surface area contributed by atoms with Gasteiger partial charge in [0.2, 0.25) is 6.41 Å². The molecule has 0 aliphatic rings. The molecule has 14 heavy (non-hydrogen) atoms. The van der Waals surface area contributed by atoms with Crippen LogP contribution < -0.4 is 5.32 Å². The molecule has 0 saturated heterocycles. The Hall–Kier alpha value is -2.31. The lowest BCUT2D eigenvalue weighted by molar-refractivity contribution is -0.389. The molecule has 1 aromatic heterocycles. The molecule has 0 atom stereocenters. The molecule has 1 aromatic rings. The van der Waals surface area contributed by atoms with Crippen LogP contribution >= 0.6 is 0 Å². The molecule has 1 N–H and O–H groups in total. The van der Waals surface area contributed by atoms with Gasteiger partial charge in [0.15, 0.2) is 0 Å². The van der Waals surface area contributed by atoms with Gasteiger partial charge in [-0.1, -0.05) is 0 Å². The maximum atomic E-state index is 11.0. The molecular formula is C7H5N3O4. The second-order valence-corrected chi connectivity index (χ2v) is 2.25. The van der Waals surface area contributed by atoms with E-state index in [9.17, 15) is 19.7 Å². The Bertz CT molecular complexity index is 390. The fraction of sp³-hybridized carbons (Fsp3) is 0. The zero-order chi connectivity index (χ0) is 10.6. The lowest BCUT2D eigenvalue weighted by Gasteiger charge is -1.96. The number of carbonyl (C=O) groups excluding carboxylic acids is 2. The van der Waals surface area contributed by atoms with Gasteiger partial charge in [-0.3, -0.25) is 14.9 Å². The molecular weight excluding hydrogens is 190 g/mol. The number of amides is 2. The summed E-state index contributed by atoms with van der Waals surface area (Å²) in [4.78, 5) is 33.9. The minimum absolute atomic E-state index is 0.0128. The molecule has 0 radical (unpaired) electrons. The van der Waals surface area contributed by atoms with Crippen molar-refractivity contribution >= 4 is 18.1 Å². The number of nitro groups is 1. The van der Waals surface area contributed by atoms with E-state index in [1.165, 1.54) is 6.07 Å². The van der Waals surface area contributed by atoms with Crippen LogP contribution in [-0.4, -0.2) is 22.2 Å². The highest BCUT2D eigenvalue weighted by molar-refractivity contribution is 5.99. The number of nitrogens with one attached hydrogen (secondary N) is 1. The zero-order valence-electron chi connectivity index (χ0n) is 6.84. The van der Waals surface area contributed by atoms with Gasteiger partial charge < -0.3 is 10.1 Å². The minimum atomic E-state index is -0.725. The van der Waals surface area contributed by atoms with E-state index in [0.29, 0.717) is 0 Å². The van der Waals surface area contributed by atoms with Gasteiger partial charge in [-0.25, -0.2) is 0 Å². The maximum absolute atomic E-state index is 11.0. The van der Waals surface area contributed by atoms with E-state index in [1.807, 2.05) is 5.32 Å². The van der Waals surface area contributed by atoms with Gasteiger partial charge in [0, 0.05) is 6.07 Å². The highest BCUT2D eigenvalue weighted by Gasteiger charge is 2.11. The average molecular weight is 195 g/mol. The molecule has 0 aliphatic heterocycles. The van der Waals surface area contributed by atoms with Gasteiger partial charge >= 0.3 is 5.82 Å². The zero-order valence-corrected chi connectivity index (χ0v) is 6.84. The van der Waals surface area contributed by atoms with Gasteiger partial charge in [-0.05, 0) is 16.0 Å². The molecule has 7 heteroatoms. The topological polar surface area (TPSA) is 102 Å². The highest BCUT2D eigenvalue weighted by Crippen LogP contribution is 2.08. The van der Waals surface area contributed by atoms with Crippen LogP contribution in [0.25, 0.3) is 0 Å². The van der Waals surface area contributed by atoms with Crippen molar-refractivity contribution in [1.29, 1.82) is 0 Å². The van der Waals surface area contributed by atoms with E-state index in [4.69, 9.17) is 0 Å². The first-order chi connectivity index (χ1) is 6.65. The van der Waals surface area contributed by atoms with Crippen molar-refractivity contribution in [3.05, 3.63) is 34.0 Å². The first kappa shape index (κ1) is 9.78. The van der Waals surface area contributed by atoms with Gasteiger partial charge in [0.25, 0.3) is 5.91 Å². The summed E-state index contributed by atoms with van der Waals surface area (Å²) in [5, 5.41) is 12.1. The Morgan fingerprint density at radius 3 is 2.93 bits per heavy atom. The van der Waals surface area contributed by atoms with Gasteiger partial charge in [-0.15, -0.1) is 0 Å². The molecule has 0 saturated carbocycles. The van der Waals surface area contributed by atoms with E-state index in [-0.39, 0.29) is 12.0 Å². The first-order valence-electron chi connectivity index (χ1n) is 3.50. The van der Waals surface area contributed by atoms with Crippen LogP contribution in [-0.2, 0) is 4.79 Å². The standard InChI is InChI=1S/C7H5N3O4/c11-4-9-7(12)5-1-2-8-6(3-5)10(13)14/h1-4H,(H,9,11,12). The third-order valence-corrected chi connectivity index (χ3v) is 1.38. The lowest BCUT2D eigenvalue weighted by Crippen LogP contribution is -2.21. The molecule has 0 bridgehead atoms. The van der Waals surface area contributed by atoms with Gasteiger partial charge in [0.05, 0.1) is 5.56 Å². The fourth-order valence-electron chi connectivity index (χ4n) is 0.796. The van der Waals surface area contributed by atoms with E-state index >= 15 is 0 Å². The van der Waals surface area contributed by atoms with E-state index in [1.54, 1.807) is 0 Å². The lowest BCUT2D eigenvalue weighted by atomic mass is 10.2. The molecule has 72 valence electrons. The fourth-order valence-corrected chi connectivity index (χ4v) is 0.796. The Morgan fingerprint density at radius 1 is 1.64 bits per heavy atom.